The third-order valence-electron chi connectivity index (χ3n) is 3.40. The number of fused-ring (bicyclic) bond motifs is 1. The van der Waals surface area contributed by atoms with Crippen LogP contribution in [0.3, 0.4) is 0 Å². The second kappa shape index (κ2) is 5.76. The van der Waals surface area contributed by atoms with Crippen LogP contribution in [-0.2, 0) is 6.54 Å². The van der Waals surface area contributed by atoms with Crippen LogP contribution in [0, 0.1) is 24.0 Å². The summed E-state index contributed by atoms with van der Waals surface area (Å²) >= 11 is 1.58. The molecule has 0 saturated heterocycles. The maximum absolute atomic E-state index is 11.7. The molecule has 0 spiro atoms. The van der Waals surface area contributed by atoms with Gasteiger partial charge in [0.15, 0.2) is 0 Å². The summed E-state index contributed by atoms with van der Waals surface area (Å²) in [5, 5.41) is 15.4. The van der Waals surface area contributed by atoms with E-state index in [1.54, 1.807) is 11.3 Å². The standard InChI is InChI=1S/C14H13N5O3S/c1-7-12(18-8(2)23-7)5-15-11-4-10-9(3-13(11)19(21)22)14(20)17-6-16-10/h3-4,6,15H,5H2,1-2H3,(H,16,17,20). The lowest BCUT2D eigenvalue weighted by Crippen LogP contribution is -2.09. The van der Waals surface area contributed by atoms with Crippen molar-refractivity contribution >= 4 is 33.6 Å². The number of hydrogen-bond acceptors (Lipinski definition) is 7. The molecule has 3 rings (SSSR count). The van der Waals surface area contributed by atoms with Crippen molar-refractivity contribution in [2.45, 2.75) is 20.4 Å². The fraction of sp³-hybridized carbons (Fsp3) is 0.214. The molecule has 2 aromatic heterocycles. The molecule has 1 aromatic carbocycles. The first-order valence-electron chi connectivity index (χ1n) is 6.78. The largest absolute Gasteiger partial charge is 0.374 e. The molecule has 0 bridgehead atoms. The Morgan fingerprint density at radius 1 is 1.39 bits per heavy atom. The summed E-state index contributed by atoms with van der Waals surface area (Å²) in [6.45, 7) is 4.24. The van der Waals surface area contributed by atoms with Gasteiger partial charge in [0.05, 0.1) is 39.4 Å². The summed E-state index contributed by atoms with van der Waals surface area (Å²) in [6.07, 6.45) is 1.27. The molecule has 3 aromatic rings. The summed E-state index contributed by atoms with van der Waals surface area (Å²) in [4.78, 5) is 34.4. The van der Waals surface area contributed by atoms with Crippen LogP contribution < -0.4 is 10.9 Å². The van der Waals surface area contributed by atoms with Crippen molar-refractivity contribution in [2.75, 3.05) is 5.32 Å². The molecule has 118 valence electrons. The van der Waals surface area contributed by atoms with Crippen molar-refractivity contribution in [3.8, 4) is 0 Å². The number of aromatic nitrogens is 3. The number of aromatic amines is 1. The number of nitrogens with zero attached hydrogens (tertiary/aromatic N) is 3. The van der Waals surface area contributed by atoms with Crippen LogP contribution in [0.1, 0.15) is 15.6 Å². The lowest BCUT2D eigenvalue weighted by Gasteiger charge is -2.07. The lowest BCUT2D eigenvalue weighted by atomic mass is 10.2. The van der Waals surface area contributed by atoms with Crippen molar-refractivity contribution in [2.24, 2.45) is 0 Å². The minimum atomic E-state index is -0.520. The van der Waals surface area contributed by atoms with Crippen molar-refractivity contribution in [3.05, 3.63) is 54.5 Å². The van der Waals surface area contributed by atoms with Crippen LogP contribution in [0.15, 0.2) is 23.3 Å². The third kappa shape index (κ3) is 2.90. The number of hydrogen-bond donors (Lipinski definition) is 2. The molecule has 23 heavy (non-hydrogen) atoms. The molecule has 0 aliphatic heterocycles. The predicted octanol–water partition coefficient (Wildman–Crippen LogP) is 2.52. The molecular weight excluding hydrogens is 318 g/mol. The summed E-state index contributed by atoms with van der Waals surface area (Å²) in [6, 6.07) is 2.75. The van der Waals surface area contributed by atoms with Crippen LogP contribution in [0.25, 0.3) is 10.9 Å². The molecule has 8 nitrogen and oxygen atoms in total. The Morgan fingerprint density at radius 2 is 2.17 bits per heavy atom. The fourth-order valence-corrected chi connectivity index (χ4v) is 3.15. The van der Waals surface area contributed by atoms with Gasteiger partial charge in [0, 0.05) is 10.9 Å². The Bertz CT molecular complexity index is 963. The maximum atomic E-state index is 11.7. The van der Waals surface area contributed by atoms with Crippen molar-refractivity contribution < 1.29 is 4.92 Å². The Morgan fingerprint density at radius 3 is 2.83 bits per heavy atom. The normalized spacial score (nSPS) is 10.9. The van der Waals surface area contributed by atoms with Crippen LogP contribution in [0.4, 0.5) is 11.4 Å². The Labute approximate surface area is 134 Å². The van der Waals surface area contributed by atoms with Gasteiger partial charge in [-0.25, -0.2) is 9.97 Å². The smallest absolute Gasteiger partial charge is 0.293 e. The van der Waals surface area contributed by atoms with Gasteiger partial charge >= 0.3 is 0 Å². The molecule has 0 atom stereocenters. The number of thiazole rings is 1. The second-order valence-electron chi connectivity index (χ2n) is 4.96. The highest BCUT2D eigenvalue weighted by atomic mass is 32.1. The Hall–Kier alpha value is -2.81. The first-order valence-corrected chi connectivity index (χ1v) is 7.60. The van der Waals surface area contributed by atoms with E-state index in [0.29, 0.717) is 17.7 Å². The zero-order chi connectivity index (χ0) is 16.6. The minimum absolute atomic E-state index is 0.166. The van der Waals surface area contributed by atoms with Crippen LogP contribution >= 0.6 is 11.3 Å². The molecule has 0 saturated carbocycles. The molecule has 0 unspecified atom stereocenters. The topological polar surface area (TPSA) is 114 Å². The highest BCUT2D eigenvalue weighted by molar-refractivity contribution is 7.11. The van der Waals surface area contributed by atoms with Gasteiger partial charge in [-0.1, -0.05) is 0 Å². The van der Waals surface area contributed by atoms with E-state index in [2.05, 4.69) is 20.3 Å². The molecule has 9 heteroatoms. The minimum Gasteiger partial charge on any atom is -0.374 e. The van der Waals surface area contributed by atoms with E-state index in [0.717, 1.165) is 15.6 Å². The van der Waals surface area contributed by atoms with E-state index >= 15 is 0 Å². The zero-order valence-electron chi connectivity index (χ0n) is 12.4. The first kappa shape index (κ1) is 15.1. The highest BCUT2D eigenvalue weighted by Gasteiger charge is 2.17. The fourth-order valence-electron chi connectivity index (χ4n) is 2.31. The van der Waals surface area contributed by atoms with Gasteiger partial charge in [-0.2, -0.15) is 0 Å². The van der Waals surface area contributed by atoms with Gasteiger partial charge in [-0.15, -0.1) is 11.3 Å². The van der Waals surface area contributed by atoms with Gasteiger partial charge < -0.3 is 10.3 Å². The third-order valence-corrected chi connectivity index (χ3v) is 4.33. The molecule has 0 aliphatic carbocycles. The number of nitro benzene ring substituents is 1. The van der Waals surface area contributed by atoms with E-state index in [1.807, 2.05) is 13.8 Å². The van der Waals surface area contributed by atoms with Crippen molar-refractivity contribution in [3.63, 3.8) is 0 Å². The average Bonchev–Trinajstić information content (AvgIpc) is 2.82. The van der Waals surface area contributed by atoms with E-state index in [-0.39, 0.29) is 11.1 Å². The van der Waals surface area contributed by atoms with E-state index in [4.69, 9.17) is 0 Å². The Balaban J connectivity index is 2.02. The van der Waals surface area contributed by atoms with Gasteiger partial charge in [0.2, 0.25) is 0 Å². The highest BCUT2D eigenvalue weighted by Crippen LogP contribution is 2.28. The molecule has 2 N–H and O–H groups in total. The summed E-state index contributed by atoms with van der Waals surface area (Å²) in [5.41, 5.74) is 0.982. The van der Waals surface area contributed by atoms with Crippen LogP contribution in [0.5, 0.6) is 0 Å². The van der Waals surface area contributed by atoms with Crippen LogP contribution in [0.2, 0.25) is 0 Å². The van der Waals surface area contributed by atoms with Gasteiger partial charge in [0.25, 0.3) is 11.2 Å². The second-order valence-corrected chi connectivity index (χ2v) is 6.37. The molecular formula is C14H13N5O3S. The Kier molecular flexibility index (Phi) is 3.78. The average molecular weight is 331 g/mol. The molecule has 2 heterocycles. The number of anilines is 1. The number of rotatable bonds is 4. The van der Waals surface area contributed by atoms with E-state index in [1.165, 1.54) is 18.5 Å². The molecule has 0 aliphatic rings. The van der Waals surface area contributed by atoms with E-state index in [9.17, 15) is 14.9 Å². The van der Waals surface area contributed by atoms with Gasteiger partial charge in [-0.05, 0) is 19.9 Å². The SMILES string of the molecule is Cc1nc(CNc2cc3nc[nH]c(=O)c3cc2[N+](=O)[O-])c(C)s1. The van der Waals surface area contributed by atoms with Gasteiger partial charge in [0.1, 0.15) is 5.69 Å². The van der Waals surface area contributed by atoms with E-state index < -0.39 is 10.5 Å². The quantitative estimate of drug-likeness (QED) is 0.561. The summed E-state index contributed by atoms with van der Waals surface area (Å²) in [7, 11) is 0. The van der Waals surface area contributed by atoms with Crippen molar-refractivity contribution in [1.29, 1.82) is 0 Å². The molecule has 0 amide bonds. The maximum Gasteiger partial charge on any atom is 0.293 e. The summed E-state index contributed by atoms with van der Waals surface area (Å²) in [5.74, 6) is 0. The molecule has 0 radical (unpaired) electrons. The van der Waals surface area contributed by atoms with Crippen molar-refractivity contribution in [1.82, 2.24) is 15.0 Å². The summed E-state index contributed by atoms with van der Waals surface area (Å²) < 4.78 is 0. The zero-order valence-corrected chi connectivity index (χ0v) is 13.2. The first-order chi connectivity index (χ1) is 11.0. The number of H-pyrrole nitrogens is 1. The number of nitro groups is 1. The van der Waals surface area contributed by atoms with Gasteiger partial charge in [-0.3, -0.25) is 14.9 Å². The number of benzene rings is 1. The number of nitrogens with one attached hydrogen (secondary N) is 2. The number of aryl methyl sites for hydroxylation is 2. The molecule has 0 fully saturated rings. The predicted molar refractivity (Wildman–Crippen MR) is 87.9 cm³/mol. The monoisotopic (exact) mass is 331 g/mol. The van der Waals surface area contributed by atoms with Crippen LogP contribution in [-0.4, -0.2) is 19.9 Å². The lowest BCUT2D eigenvalue weighted by molar-refractivity contribution is -0.383.